The number of rotatable bonds is 7. The van der Waals surface area contributed by atoms with E-state index in [0.717, 1.165) is 24.0 Å². The van der Waals surface area contributed by atoms with Gasteiger partial charge in [-0.25, -0.2) is 0 Å². The molecule has 3 aromatic heterocycles. The molecule has 0 aromatic carbocycles. The predicted octanol–water partition coefficient (Wildman–Crippen LogP) is 4.21. The van der Waals surface area contributed by atoms with E-state index in [0.29, 0.717) is 36.0 Å². The standard InChI is InChI=1S/C19H21N3O3/c1-12-9-15(12)16-7-6-14(24-16)10-22(13-4-5-13)11-18-20-21-19(25-18)17-3-2-8-23-17/h2-3,6-8,12-13,15H,4-5,9-11H2,1H3. The van der Waals surface area contributed by atoms with Crippen molar-refractivity contribution in [2.75, 3.05) is 0 Å². The summed E-state index contributed by atoms with van der Waals surface area (Å²) < 4.78 is 17.1. The molecule has 2 aliphatic carbocycles. The van der Waals surface area contributed by atoms with E-state index in [2.05, 4.69) is 34.2 Å². The molecule has 2 saturated carbocycles. The van der Waals surface area contributed by atoms with Gasteiger partial charge < -0.3 is 13.3 Å². The van der Waals surface area contributed by atoms with Crippen LogP contribution in [0.2, 0.25) is 0 Å². The van der Waals surface area contributed by atoms with Gasteiger partial charge in [0.05, 0.1) is 19.4 Å². The van der Waals surface area contributed by atoms with Crippen LogP contribution in [-0.2, 0) is 13.1 Å². The normalized spacial score (nSPS) is 22.6. The van der Waals surface area contributed by atoms with E-state index in [1.165, 1.54) is 19.3 Å². The Balaban J connectivity index is 1.28. The lowest BCUT2D eigenvalue weighted by atomic mass is 10.3. The molecule has 2 fully saturated rings. The van der Waals surface area contributed by atoms with Crippen LogP contribution in [-0.4, -0.2) is 21.1 Å². The predicted molar refractivity (Wildman–Crippen MR) is 89.5 cm³/mol. The van der Waals surface area contributed by atoms with Crippen LogP contribution in [0.25, 0.3) is 11.7 Å². The molecule has 6 heteroatoms. The highest BCUT2D eigenvalue weighted by atomic mass is 16.4. The van der Waals surface area contributed by atoms with E-state index in [4.69, 9.17) is 13.3 Å². The van der Waals surface area contributed by atoms with Crippen molar-refractivity contribution in [1.82, 2.24) is 15.1 Å². The minimum absolute atomic E-state index is 0.429. The fourth-order valence-electron chi connectivity index (χ4n) is 3.34. The molecule has 0 aliphatic heterocycles. The van der Waals surface area contributed by atoms with Gasteiger partial charge in [0, 0.05) is 12.0 Å². The summed E-state index contributed by atoms with van der Waals surface area (Å²) in [4.78, 5) is 2.36. The molecular formula is C19H21N3O3. The molecular weight excluding hydrogens is 318 g/mol. The summed E-state index contributed by atoms with van der Waals surface area (Å²) in [6.07, 6.45) is 5.28. The first-order chi connectivity index (χ1) is 12.3. The average molecular weight is 339 g/mol. The van der Waals surface area contributed by atoms with Crippen LogP contribution in [0.3, 0.4) is 0 Å². The van der Waals surface area contributed by atoms with Crippen molar-refractivity contribution in [2.24, 2.45) is 5.92 Å². The van der Waals surface area contributed by atoms with Gasteiger partial charge in [0.1, 0.15) is 11.5 Å². The lowest BCUT2D eigenvalue weighted by molar-refractivity contribution is 0.203. The second-order valence-electron chi connectivity index (χ2n) is 7.24. The van der Waals surface area contributed by atoms with Crippen LogP contribution in [0.1, 0.15) is 49.5 Å². The minimum atomic E-state index is 0.429. The summed E-state index contributed by atoms with van der Waals surface area (Å²) in [5.74, 6) is 5.18. The Bertz CT molecular complexity index is 847. The van der Waals surface area contributed by atoms with Gasteiger partial charge in [0.2, 0.25) is 5.89 Å². The summed E-state index contributed by atoms with van der Waals surface area (Å²) in [5.41, 5.74) is 0. The molecule has 3 heterocycles. The molecule has 25 heavy (non-hydrogen) atoms. The molecule has 130 valence electrons. The topological polar surface area (TPSA) is 68.4 Å². The van der Waals surface area contributed by atoms with Gasteiger partial charge in [-0.1, -0.05) is 6.92 Å². The molecule has 2 unspecified atom stereocenters. The monoisotopic (exact) mass is 339 g/mol. The second-order valence-corrected chi connectivity index (χ2v) is 7.24. The zero-order valence-electron chi connectivity index (χ0n) is 14.2. The summed E-state index contributed by atoms with van der Waals surface area (Å²) in [6, 6.07) is 8.45. The zero-order chi connectivity index (χ0) is 16.8. The molecule has 0 saturated heterocycles. The Labute approximate surface area is 145 Å². The lowest BCUT2D eigenvalue weighted by Crippen LogP contribution is -2.25. The van der Waals surface area contributed by atoms with E-state index in [1.807, 2.05) is 12.1 Å². The summed E-state index contributed by atoms with van der Waals surface area (Å²) in [6.45, 7) is 3.69. The molecule has 0 radical (unpaired) electrons. The Kier molecular flexibility index (Phi) is 3.52. The quantitative estimate of drug-likeness (QED) is 0.642. The third-order valence-electron chi connectivity index (χ3n) is 5.12. The third kappa shape index (κ3) is 3.14. The van der Waals surface area contributed by atoms with E-state index >= 15 is 0 Å². The van der Waals surface area contributed by atoms with Crippen molar-refractivity contribution >= 4 is 0 Å². The maximum Gasteiger partial charge on any atom is 0.283 e. The molecule has 3 aromatic rings. The van der Waals surface area contributed by atoms with E-state index < -0.39 is 0 Å². The first-order valence-corrected chi connectivity index (χ1v) is 8.95. The Morgan fingerprint density at radius 1 is 1.12 bits per heavy atom. The Hall–Kier alpha value is -2.34. The second kappa shape index (κ2) is 5.88. The fraction of sp³-hybridized carbons (Fsp3) is 0.474. The van der Waals surface area contributed by atoms with E-state index in [-0.39, 0.29) is 0 Å². The smallest absolute Gasteiger partial charge is 0.283 e. The first-order valence-electron chi connectivity index (χ1n) is 8.95. The highest BCUT2D eigenvalue weighted by Crippen LogP contribution is 2.47. The van der Waals surface area contributed by atoms with Crippen LogP contribution >= 0.6 is 0 Å². The number of nitrogens with zero attached hydrogens (tertiary/aromatic N) is 3. The molecule has 0 spiro atoms. The van der Waals surface area contributed by atoms with Gasteiger partial charge in [-0.3, -0.25) is 4.90 Å². The summed E-state index contributed by atoms with van der Waals surface area (Å²) in [5, 5.41) is 8.25. The van der Waals surface area contributed by atoms with Crippen LogP contribution < -0.4 is 0 Å². The number of furan rings is 2. The largest absolute Gasteiger partial charge is 0.464 e. The van der Waals surface area contributed by atoms with Gasteiger partial charge in [0.15, 0.2) is 5.76 Å². The van der Waals surface area contributed by atoms with Crippen LogP contribution in [0.4, 0.5) is 0 Å². The number of aromatic nitrogens is 2. The maximum absolute atomic E-state index is 6.06. The molecule has 0 N–H and O–H groups in total. The van der Waals surface area contributed by atoms with Crippen molar-refractivity contribution < 1.29 is 13.3 Å². The van der Waals surface area contributed by atoms with Crippen molar-refractivity contribution in [3.05, 3.63) is 47.9 Å². The van der Waals surface area contributed by atoms with Gasteiger partial charge in [-0.2, -0.15) is 0 Å². The number of hydrogen-bond donors (Lipinski definition) is 0. The zero-order valence-corrected chi connectivity index (χ0v) is 14.2. The third-order valence-corrected chi connectivity index (χ3v) is 5.12. The highest BCUT2D eigenvalue weighted by molar-refractivity contribution is 5.42. The Morgan fingerprint density at radius 2 is 2.00 bits per heavy atom. The Morgan fingerprint density at radius 3 is 2.72 bits per heavy atom. The van der Waals surface area contributed by atoms with Crippen LogP contribution in [0.15, 0.2) is 43.8 Å². The van der Waals surface area contributed by atoms with Gasteiger partial charge >= 0.3 is 0 Å². The summed E-state index contributed by atoms with van der Waals surface area (Å²) >= 11 is 0. The van der Waals surface area contributed by atoms with Crippen molar-refractivity contribution in [3.8, 4) is 11.7 Å². The molecule has 0 bridgehead atoms. The average Bonchev–Trinajstić information content (AvgIpc) is 3.36. The SMILES string of the molecule is CC1CC1c1ccc(CN(Cc2nnc(-c3ccco3)o2)C2CC2)o1. The lowest BCUT2D eigenvalue weighted by Gasteiger charge is -2.18. The molecule has 0 amide bonds. The van der Waals surface area contributed by atoms with Crippen molar-refractivity contribution in [3.63, 3.8) is 0 Å². The van der Waals surface area contributed by atoms with Crippen LogP contribution in [0.5, 0.6) is 0 Å². The molecule has 5 rings (SSSR count). The highest BCUT2D eigenvalue weighted by Gasteiger charge is 2.37. The molecule has 2 atom stereocenters. The van der Waals surface area contributed by atoms with Gasteiger partial charge in [-0.15, -0.1) is 10.2 Å². The van der Waals surface area contributed by atoms with Crippen molar-refractivity contribution in [2.45, 2.75) is 51.2 Å². The molecule has 6 nitrogen and oxygen atoms in total. The number of hydrogen-bond acceptors (Lipinski definition) is 6. The van der Waals surface area contributed by atoms with E-state index in [9.17, 15) is 0 Å². The van der Waals surface area contributed by atoms with E-state index in [1.54, 1.807) is 6.26 Å². The van der Waals surface area contributed by atoms with Crippen molar-refractivity contribution in [1.29, 1.82) is 0 Å². The van der Waals surface area contributed by atoms with Gasteiger partial charge in [-0.05, 0) is 49.4 Å². The first kappa shape index (κ1) is 15.0. The minimum Gasteiger partial charge on any atom is -0.464 e. The fourth-order valence-corrected chi connectivity index (χ4v) is 3.34. The summed E-state index contributed by atoms with van der Waals surface area (Å²) in [7, 11) is 0. The van der Waals surface area contributed by atoms with Gasteiger partial charge in [0.25, 0.3) is 5.89 Å². The van der Waals surface area contributed by atoms with Crippen LogP contribution in [0, 0.1) is 5.92 Å². The molecule has 2 aliphatic rings. The maximum atomic E-state index is 6.06.